The lowest BCUT2D eigenvalue weighted by atomic mass is 9.97. The van der Waals surface area contributed by atoms with Crippen LogP contribution in [0.4, 0.5) is 5.82 Å². The van der Waals surface area contributed by atoms with Crippen LogP contribution < -0.4 is 4.90 Å². The molecule has 3 aromatic rings. The SMILES string of the molecule is Cn1nnnc1SCC(=O)N1CCN(c2nccn3nc4c(c23)CCCC4)CC1. The molecule has 1 saturated heterocycles. The highest BCUT2D eigenvalue weighted by atomic mass is 32.2. The van der Waals surface area contributed by atoms with Gasteiger partial charge in [-0.15, -0.1) is 5.10 Å². The van der Waals surface area contributed by atoms with Crippen LogP contribution in [0.25, 0.3) is 5.52 Å². The average molecular weight is 414 g/mol. The number of carbonyl (C=O) groups excluding carboxylic acids is 1. The van der Waals surface area contributed by atoms with E-state index in [9.17, 15) is 4.79 Å². The summed E-state index contributed by atoms with van der Waals surface area (Å²) in [6, 6.07) is 0. The van der Waals surface area contributed by atoms with Crippen LogP contribution >= 0.6 is 11.8 Å². The number of anilines is 1. The largest absolute Gasteiger partial charge is 0.351 e. The van der Waals surface area contributed by atoms with Crippen molar-refractivity contribution < 1.29 is 4.79 Å². The second-order valence-electron chi connectivity index (χ2n) is 7.42. The monoisotopic (exact) mass is 413 g/mol. The Kier molecular flexibility index (Phi) is 4.82. The van der Waals surface area contributed by atoms with Crippen LogP contribution in [0, 0.1) is 0 Å². The maximum atomic E-state index is 12.6. The third-order valence-electron chi connectivity index (χ3n) is 5.64. The highest BCUT2D eigenvalue weighted by Crippen LogP contribution is 2.30. The number of aryl methyl sites for hydroxylation is 3. The molecule has 0 saturated carbocycles. The first-order valence-electron chi connectivity index (χ1n) is 9.93. The maximum absolute atomic E-state index is 12.6. The van der Waals surface area contributed by atoms with Crippen LogP contribution in [0.3, 0.4) is 0 Å². The van der Waals surface area contributed by atoms with E-state index >= 15 is 0 Å². The number of thioether (sulfide) groups is 1. The van der Waals surface area contributed by atoms with Gasteiger partial charge < -0.3 is 9.80 Å². The first-order valence-corrected chi connectivity index (χ1v) is 10.9. The lowest BCUT2D eigenvalue weighted by Gasteiger charge is -2.35. The zero-order valence-electron chi connectivity index (χ0n) is 16.4. The van der Waals surface area contributed by atoms with Crippen molar-refractivity contribution in [2.75, 3.05) is 36.8 Å². The molecule has 0 radical (unpaired) electrons. The van der Waals surface area contributed by atoms with Gasteiger partial charge in [0, 0.05) is 51.2 Å². The molecule has 10 nitrogen and oxygen atoms in total. The van der Waals surface area contributed by atoms with Gasteiger partial charge in [-0.1, -0.05) is 11.8 Å². The van der Waals surface area contributed by atoms with Crippen molar-refractivity contribution in [1.29, 1.82) is 0 Å². The highest BCUT2D eigenvalue weighted by Gasteiger charge is 2.26. The fraction of sp³-hybridized carbons (Fsp3) is 0.556. The van der Waals surface area contributed by atoms with E-state index in [0.717, 1.165) is 37.3 Å². The Labute approximate surface area is 172 Å². The van der Waals surface area contributed by atoms with Crippen molar-refractivity contribution in [3.63, 3.8) is 0 Å². The zero-order chi connectivity index (χ0) is 19.8. The van der Waals surface area contributed by atoms with Gasteiger partial charge in [0.05, 0.1) is 11.4 Å². The molecule has 1 fully saturated rings. The smallest absolute Gasteiger partial charge is 0.233 e. The Balaban J connectivity index is 1.27. The van der Waals surface area contributed by atoms with E-state index in [1.54, 1.807) is 11.7 Å². The Bertz CT molecular complexity index is 1040. The third kappa shape index (κ3) is 3.43. The van der Waals surface area contributed by atoms with Crippen LogP contribution in [-0.2, 0) is 24.7 Å². The predicted molar refractivity (Wildman–Crippen MR) is 108 cm³/mol. The molecule has 1 aliphatic heterocycles. The molecule has 152 valence electrons. The molecule has 3 aromatic heterocycles. The van der Waals surface area contributed by atoms with Gasteiger partial charge in [0.1, 0.15) is 5.52 Å². The van der Waals surface area contributed by atoms with Gasteiger partial charge in [0.15, 0.2) is 5.82 Å². The van der Waals surface area contributed by atoms with E-state index in [2.05, 4.69) is 20.4 Å². The summed E-state index contributed by atoms with van der Waals surface area (Å²) in [5.74, 6) is 1.46. The fourth-order valence-electron chi connectivity index (χ4n) is 4.11. The van der Waals surface area contributed by atoms with E-state index in [1.807, 2.05) is 21.8 Å². The van der Waals surface area contributed by atoms with Crippen molar-refractivity contribution in [2.45, 2.75) is 30.8 Å². The van der Waals surface area contributed by atoms with E-state index in [1.165, 1.54) is 35.9 Å². The van der Waals surface area contributed by atoms with Gasteiger partial charge in [-0.3, -0.25) is 4.79 Å². The molecule has 0 unspecified atom stereocenters. The second kappa shape index (κ2) is 7.62. The molecule has 2 aliphatic rings. The van der Waals surface area contributed by atoms with E-state index in [-0.39, 0.29) is 5.91 Å². The maximum Gasteiger partial charge on any atom is 0.233 e. The second-order valence-corrected chi connectivity index (χ2v) is 8.36. The van der Waals surface area contributed by atoms with Gasteiger partial charge in [-0.2, -0.15) is 5.10 Å². The minimum absolute atomic E-state index is 0.116. The molecule has 4 heterocycles. The van der Waals surface area contributed by atoms with Crippen molar-refractivity contribution >= 4 is 29.0 Å². The van der Waals surface area contributed by atoms with E-state index in [4.69, 9.17) is 10.1 Å². The topological polar surface area (TPSA) is 97.3 Å². The molecule has 0 N–H and O–H groups in total. The molecule has 1 amide bonds. The fourth-order valence-corrected chi connectivity index (χ4v) is 4.86. The van der Waals surface area contributed by atoms with Crippen molar-refractivity contribution in [2.24, 2.45) is 7.05 Å². The van der Waals surface area contributed by atoms with Crippen molar-refractivity contribution in [1.82, 2.24) is 39.7 Å². The number of hydrogen-bond acceptors (Lipinski definition) is 8. The van der Waals surface area contributed by atoms with Crippen LogP contribution in [0.1, 0.15) is 24.1 Å². The standard InChI is InChI=1S/C18H23N9OS/c1-24-18(20-22-23-24)29-12-15(28)25-8-10-26(11-9-25)17-16-13-4-2-3-5-14(13)21-27(16)7-6-19-17/h6-7H,2-5,8-12H2,1H3. The summed E-state index contributed by atoms with van der Waals surface area (Å²) in [6.07, 6.45) is 8.31. The molecule has 5 rings (SSSR count). The van der Waals surface area contributed by atoms with Gasteiger partial charge in [-0.25, -0.2) is 14.2 Å². The minimum atomic E-state index is 0.116. The molecule has 0 spiro atoms. The molecular weight excluding hydrogens is 390 g/mol. The Morgan fingerprint density at radius 1 is 1.17 bits per heavy atom. The average Bonchev–Trinajstić information content (AvgIpc) is 3.35. The molecule has 1 aliphatic carbocycles. The quantitative estimate of drug-likeness (QED) is 0.573. The summed E-state index contributed by atoms with van der Waals surface area (Å²) >= 11 is 1.37. The van der Waals surface area contributed by atoms with Crippen molar-refractivity contribution in [3.05, 3.63) is 23.7 Å². The van der Waals surface area contributed by atoms with Crippen LogP contribution in [0.2, 0.25) is 0 Å². The number of aromatic nitrogens is 7. The molecule has 29 heavy (non-hydrogen) atoms. The summed E-state index contributed by atoms with van der Waals surface area (Å²) in [5, 5.41) is 16.7. The minimum Gasteiger partial charge on any atom is -0.351 e. The lowest BCUT2D eigenvalue weighted by molar-refractivity contribution is -0.128. The Morgan fingerprint density at radius 3 is 2.79 bits per heavy atom. The number of carbonyl (C=O) groups is 1. The normalized spacial score (nSPS) is 17.0. The Hall–Kier alpha value is -2.69. The van der Waals surface area contributed by atoms with Gasteiger partial charge in [0.2, 0.25) is 11.1 Å². The van der Waals surface area contributed by atoms with Crippen molar-refractivity contribution in [3.8, 4) is 0 Å². The summed E-state index contributed by atoms with van der Waals surface area (Å²) in [4.78, 5) is 21.5. The van der Waals surface area contributed by atoms with E-state index < -0.39 is 0 Å². The summed E-state index contributed by atoms with van der Waals surface area (Å²) in [5.41, 5.74) is 3.72. The summed E-state index contributed by atoms with van der Waals surface area (Å²) < 4.78 is 3.57. The number of nitrogens with zero attached hydrogens (tertiary/aromatic N) is 9. The molecule has 0 atom stereocenters. The number of amides is 1. The summed E-state index contributed by atoms with van der Waals surface area (Å²) in [6.45, 7) is 2.92. The van der Waals surface area contributed by atoms with Crippen LogP contribution in [0.15, 0.2) is 17.6 Å². The van der Waals surface area contributed by atoms with Gasteiger partial charge in [0.25, 0.3) is 0 Å². The molecule has 0 bridgehead atoms. The third-order valence-corrected chi connectivity index (χ3v) is 6.63. The molecular formula is C18H23N9OS. The molecule has 0 aromatic carbocycles. The van der Waals surface area contributed by atoms with Crippen LogP contribution in [-0.4, -0.2) is 77.5 Å². The lowest BCUT2D eigenvalue weighted by Crippen LogP contribution is -2.49. The number of fused-ring (bicyclic) bond motifs is 3. The summed E-state index contributed by atoms with van der Waals surface area (Å²) in [7, 11) is 1.77. The first-order chi connectivity index (χ1) is 14.2. The predicted octanol–water partition coefficient (Wildman–Crippen LogP) is 0.572. The first kappa shape index (κ1) is 18.3. The highest BCUT2D eigenvalue weighted by molar-refractivity contribution is 7.99. The molecule has 11 heteroatoms. The number of rotatable bonds is 4. The van der Waals surface area contributed by atoms with E-state index in [0.29, 0.717) is 24.0 Å². The zero-order valence-corrected chi connectivity index (χ0v) is 17.2. The number of hydrogen-bond donors (Lipinski definition) is 0. The van der Waals surface area contributed by atoms with Gasteiger partial charge >= 0.3 is 0 Å². The number of piperazine rings is 1. The number of tetrazole rings is 1. The Morgan fingerprint density at radius 2 is 2.00 bits per heavy atom. The van der Waals surface area contributed by atoms with Gasteiger partial charge in [-0.05, 0) is 36.1 Å². The van der Waals surface area contributed by atoms with Crippen LogP contribution in [0.5, 0.6) is 0 Å².